The molecule has 0 atom stereocenters. The van der Waals surface area contributed by atoms with Crippen LogP contribution in [0.2, 0.25) is 0 Å². The number of hydrogen-bond donors (Lipinski definition) is 1. The molecule has 0 unspecified atom stereocenters. The Kier molecular flexibility index (Phi) is 3.97. The van der Waals surface area contributed by atoms with Gasteiger partial charge in [-0.3, -0.25) is 4.57 Å². The molecule has 0 amide bonds. The molecule has 0 radical (unpaired) electrons. The number of imidazole rings is 1. The molecule has 1 N–H and O–H groups in total. The van der Waals surface area contributed by atoms with Crippen LogP contribution >= 0.6 is 0 Å². The molecule has 6 heteroatoms. The van der Waals surface area contributed by atoms with Gasteiger partial charge >= 0.3 is 0 Å². The smallest absolute Gasteiger partial charge is 0.237 e. The molecule has 6 nitrogen and oxygen atoms in total. The molecule has 0 saturated heterocycles. The van der Waals surface area contributed by atoms with Crippen LogP contribution < -0.4 is 10.1 Å². The number of hydrogen-bond acceptors (Lipinski definition) is 5. The van der Waals surface area contributed by atoms with E-state index in [9.17, 15) is 0 Å². The second-order valence-electron chi connectivity index (χ2n) is 5.35. The molecule has 0 aliphatic rings. The third kappa shape index (κ3) is 3.31. The van der Waals surface area contributed by atoms with E-state index >= 15 is 0 Å². The number of rotatable bonds is 4. The summed E-state index contributed by atoms with van der Waals surface area (Å²) < 4.78 is 7.06. The van der Waals surface area contributed by atoms with Crippen LogP contribution in [0, 0.1) is 20.8 Å². The zero-order chi connectivity index (χ0) is 16.4. The normalized spacial score (nSPS) is 10.6. The monoisotopic (exact) mass is 309 g/mol. The van der Waals surface area contributed by atoms with Crippen molar-refractivity contribution in [1.82, 2.24) is 19.5 Å². The maximum atomic E-state index is 5.17. The molecule has 118 valence electrons. The van der Waals surface area contributed by atoms with E-state index in [1.807, 2.05) is 61.9 Å². The van der Waals surface area contributed by atoms with Gasteiger partial charge in [-0.25, -0.2) is 9.97 Å². The molecule has 0 saturated carbocycles. The number of aryl methyl sites for hydroxylation is 3. The van der Waals surface area contributed by atoms with E-state index in [1.54, 1.807) is 7.11 Å². The lowest BCUT2D eigenvalue weighted by Crippen LogP contribution is -2.06. The molecule has 3 aromatic rings. The summed E-state index contributed by atoms with van der Waals surface area (Å²) in [7, 11) is 1.65. The van der Waals surface area contributed by atoms with Crippen LogP contribution in [0.3, 0.4) is 0 Å². The Morgan fingerprint density at radius 1 is 0.957 bits per heavy atom. The highest BCUT2D eigenvalue weighted by Crippen LogP contribution is 2.20. The van der Waals surface area contributed by atoms with Crippen molar-refractivity contribution in [3.8, 4) is 11.7 Å². The van der Waals surface area contributed by atoms with Gasteiger partial charge in [0.2, 0.25) is 5.95 Å². The predicted molar refractivity (Wildman–Crippen MR) is 89.6 cm³/mol. The summed E-state index contributed by atoms with van der Waals surface area (Å²) in [6.45, 7) is 5.84. The molecule has 3 rings (SSSR count). The molecule has 0 aliphatic carbocycles. The third-order valence-corrected chi connectivity index (χ3v) is 3.42. The first-order valence-corrected chi connectivity index (χ1v) is 7.35. The van der Waals surface area contributed by atoms with Crippen LogP contribution in [0.5, 0.6) is 5.75 Å². The fourth-order valence-corrected chi connectivity index (χ4v) is 2.37. The number of methoxy groups -OCH3 is 1. The first-order valence-electron chi connectivity index (χ1n) is 7.35. The zero-order valence-corrected chi connectivity index (χ0v) is 13.7. The minimum Gasteiger partial charge on any atom is -0.497 e. The lowest BCUT2D eigenvalue weighted by Gasteiger charge is -2.10. The Bertz CT molecular complexity index is 824. The minimum absolute atomic E-state index is 0.610. The fraction of sp³-hybridized carbons (Fsp3) is 0.235. The molecule has 0 spiro atoms. The largest absolute Gasteiger partial charge is 0.497 e. The van der Waals surface area contributed by atoms with E-state index in [2.05, 4.69) is 20.3 Å². The number of ether oxygens (including phenoxy) is 1. The van der Waals surface area contributed by atoms with Crippen molar-refractivity contribution < 1.29 is 4.74 Å². The summed E-state index contributed by atoms with van der Waals surface area (Å²) in [4.78, 5) is 13.5. The molecule has 2 heterocycles. The Hall–Kier alpha value is -2.89. The van der Waals surface area contributed by atoms with Crippen molar-refractivity contribution in [2.24, 2.45) is 0 Å². The first-order chi connectivity index (χ1) is 11.0. The summed E-state index contributed by atoms with van der Waals surface area (Å²) in [6.07, 6.45) is 1.93. The molecule has 0 fully saturated rings. The topological polar surface area (TPSA) is 64.9 Å². The summed E-state index contributed by atoms with van der Waals surface area (Å²) in [5.41, 5.74) is 2.77. The van der Waals surface area contributed by atoms with Gasteiger partial charge in [-0.2, -0.15) is 4.98 Å². The number of anilines is 2. The predicted octanol–water partition coefficient (Wildman–Crippen LogP) is 3.34. The summed E-state index contributed by atoms with van der Waals surface area (Å²) in [6, 6.07) is 9.61. The van der Waals surface area contributed by atoms with Gasteiger partial charge in [0.05, 0.1) is 12.8 Å². The first kappa shape index (κ1) is 15.0. The van der Waals surface area contributed by atoms with Crippen molar-refractivity contribution in [1.29, 1.82) is 0 Å². The van der Waals surface area contributed by atoms with Crippen molar-refractivity contribution in [2.45, 2.75) is 20.8 Å². The van der Waals surface area contributed by atoms with Gasteiger partial charge in [-0.15, -0.1) is 0 Å². The SMILES string of the molecule is COc1ccc(Nc2cc(C)nc(-n3cc(C)nc3C)n2)cc1. The van der Waals surface area contributed by atoms with Crippen molar-refractivity contribution in [3.63, 3.8) is 0 Å². The standard InChI is InChI=1S/C17H19N5O/c1-11-9-16(20-14-5-7-15(23-4)8-6-14)21-17(19-11)22-10-12(2)18-13(22)3/h5-10H,1-4H3,(H,19,20,21). The van der Waals surface area contributed by atoms with Gasteiger partial charge in [-0.05, 0) is 45.0 Å². The van der Waals surface area contributed by atoms with Gasteiger partial charge < -0.3 is 10.1 Å². The number of benzene rings is 1. The molecule has 23 heavy (non-hydrogen) atoms. The van der Waals surface area contributed by atoms with E-state index in [-0.39, 0.29) is 0 Å². The maximum Gasteiger partial charge on any atom is 0.237 e. The third-order valence-electron chi connectivity index (χ3n) is 3.42. The highest BCUT2D eigenvalue weighted by atomic mass is 16.5. The second-order valence-corrected chi connectivity index (χ2v) is 5.35. The summed E-state index contributed by atoms with van der Waals surface area (Å²) in [5, 5.41) is 3.29. The average Bonchev–Trinajstić information content (AvgIpc) is 2.86. The fourth-order valence-electron chi connectivity index (χ4n) is 2.37. The number of nitrogens with one attached hydrogen (secondary N) is 1. The van der Waals surface area contributed by atoms with E-state index in [1.165, 1.54) is 0 Å². The van der Waals surface area contributed by atoms with Crippen LogP contribution in [0.4, 0.5) is 11.5 Å². The second kappa shape index (κ2) is 6.08. The Morgan fingerprint density at radius 2 is 1.70 bits per heavy atom. The average molecular weight is 309 g/mol. The lowest BCUT2D eigenvalue weighted by atomic mass is 10.3. The highest BCUT2D eigenvalue weighted by Gasteiger charge is 2.09. The van der Waals surface area contributed by atoms with E-state index in [4.69, 9.17) is 4.74 Å². The van der Waals surface area contributed by atoms with Crippen LogP contribution in [0.1, 0.15) is 17.2 Å². The van der Waals surface area contributed by atoms with Gasteiger partial charge in [-0.1, -0.05) is 0 Å². The zero-order valence-electron chi connectivity index (χ0n) is 13.7. The Labute approximate surface area is 135 Å². The summed E-state index contributed by atoms with van der Waals surface area (Å²) >= 11 is 0. The summed E-state index contributed by atoms with van der Waals surface area (Å²) in [5.74, 6) is 3.03. The minimum atomic E-state index is 0.610. The van der Waals surface area contributed by atoms with Gasteiger partial charge in [0.15, 0.2) is 0 Å². The van der Waals surface area contributed by atoms with Crippen LogP contribution in [0.15, 0.2) is 36.5 Å². The van der Waals surface area contributed by atoms with E-state index in [0.29, 0.717) is 5.95 Å². The van der Waals surface area contributed by atoms with E-state index < -0.39 is 0 Å². The highest BCUT2D eigenvalue weighted by molar-refractivity contribution is 5.57. The van der Waals surface area contributed by atoms with Crippen LogP contribution in [0.25, 0.3) is 5.95 Å². The van der Waals surface area contributed by atoms with Crippen LogP contribution in [-0.2, 0) is 0 Å². The Balaban J connectivity index is 1.92. The van der Waals surface area contributed by atoms with Gasteiger partial charge in [0, 0.05) is 23.6 Å². The van der Waals surface area contributed by atoms with Crippen LogP contribution in [-0.4, -0.2) is 26.6 Å². The molecular formula is C17H19N5O. The van der Waals surface area contributed by atoms with Gasteiger partial charge in [0.25, 0.3) is 0 Å². The Morgan fingerprint density at radius 3 is 2.30 bits per heavy atom. The van der Waals surface area contributed by atoms with E-state index in [0.717, 1.165) is 34.5 Å². The number of aromatic nitrogens is 4. The molecule has 0 aliphatic heterocycles. The van der Waals surface area contributed by atoms with Crippen molar-refractivity contribution >= 4 is 11.5 Å². The quantitative estimate of drug-likeness (QED) is 0.800. The van der Waals surface area contributed by atoms with Crippen molar-refractivity contribution in [2.75, 3.05) is 12.4 Å². The molecular weight excluding hydrogens is 290 g/mol. The maximum absolute atomic E-state index is 5.17. The van der Waals surface area contributed by atoms with Crippen molar-refractivity contribution in [3.05, 3.63) is 53.7 Å². The number of nitrogens with zero attached hydrogens (tertiary/aromatic N) is 4. The molecule has 2 aromatic heterocycles. The van der Waals surface area contributed by atoms with Gasteiger partial charge in [0.1, 0.15) is 17.4 Å². The molecule has 0 bridgehead atoms. The lowest BCUT2D eigenvalue weighted by molar-refractivity contribution is 0.415. The molecule has 1 aromatic carbocycles.